The van der Waals surface area contributed by atoms with E-state index in [-0.39, 0.29) is 11.9 Å². The number of carbonyl (C=O) groups excluding carboxylic acids is 2. The number of urea groups is 1. The van der Waals surface area contributed by atoms with Crippen LogP contribution in [0.1, 0.15) is 34.0 Å². The van der Waals surface area contributed by atoms with Crippen LogP contribution in [-0.2, 0) is 24.9 Å². The first-order valence-electron chi connectivity index (χ1n) is 13.6. The highest BCUT2D eigenvalue weighted by Gasteiger charge is 2.27. The van der Waals surface area contributed by atoms with Crippen molar-refractivity contribution in [3.05, 3.63) is 70.9 Å². The number of fused-ring (bicyclic) bond motifs is 2. The van der Waals surface area contributed by atoms with Crippen LogP contribution in [0.2, 0.25) is 0 Å². The van der Waals surface area contributed by atoms with Crippen molar-refractivity contribution in [3.63, 3.8) is 0 Å². The molecule has 1 aromatic heterocycles. The number of benzene rings is 2. The number of amides is 3. The molecule has 10 heteroatoms. The van der Waals surface area contributed by atoms with E-state index in [1.807, 2.05) is 68.3 Å². The largest absolute Gasteiger partial charge is 0.380 e. The summed E-state index contributed by atoms with van der Waals surface area (Å²) in [6, 6.07) is 13.4. The Bertz CT molecular complexity index is 1330. The molecule has 0 unspecified atom stereocenters. The van der Waals surface area contributed by atoms with Gasteiger partial charge in [0.2, 0.25) is 0 Å². The zero-order chi connectivity index (χ0) is 27.4. The maximum absolute atomic E-state index is 13.8. The Morgan fingerprint density at radius 3 is 2.67 bits per heavy atom. The number of carbonyl (C=O) groups is 2. The molecule has 3 heterocycles. The molecule has 2 aliphatic heterocycles. The second kappa shape index (κ2) is 11.9. The van der Waals surface area contributed by atoms with Crippen LogP contribution in [0.3, 0.4) is 0 Å². The summed E-state index contributed by atoms with van der Waals surface area (Å²) >= 11 is 0. The molecule has 2 aromatic carbocycles. The summed E-state index contributed by atoms with van der Waals surface area (Å²) in [4.78, 5) is 32.5. The van der Waals surface area contributed by atoms with Gasteiger partial charge in [-0.1, -0.05) is 18.2 Å². The molecule has 0 bridgehead atoms. The smallest absolute Gasteiger partial charge is 0.317 e. The van der Waals surface area contributed by atoms with Gasteiger partial charge in [-0.3, -0.25) is 14.4 Å². The fourth-order valence-electron chi connectivity index (χ4n) is 5.12. The maximum Gasteiger partial charge on any atom is 0.317 e. The first-order chi connectivity index (χ1) is 18.9. The number of hydrogen-bond donors (Lipinski definition) is 2. The summed E-state index contributed by atoms with van der Waals surface area (Å²) in [6.07, 6.45) is 1.80. The number of nitrogens with zero attached hydrogens (tertiary/aromatic N) is 5. The highest BCUT2D eigenvalue weighted by atomic mass is 16.5. The molecule has 10 nitrogen and oxygen atoms in total. The number of aromatic nitrogens is 2. The summed E-state index contributed by atoms with van der Waals surface area (Å²) in [7, 11) is 1.89. The zero-order valence-electron chi connectivity index (χ0n) is 22.9. The SMILES string of the molecule is CCOCCN1CCN(C(=O)NCc2ccc(C(=O)N3Cc4cnn(C)c4Nc4ccccc43)cc2C)CC1. The van der Waals surface area contributed by atoms with Gasteiger partial charge in [-0.2, -0.15) is 5.10 Å². The highest BCUT2D eigenvalue weighted by Crippen LogP contribution is 2.36. The molecule has 39 heavy (non-hydrogen) atoms. The van der Waals surface area contributed by atoms with E-state index in [2.05, 4.69) is 20.6 Å². The second-order valence-electron chi connectivity index (χ2n) is 10.0. The normalized spacial score (nSPS) is 15.3. The third kappa shape index (κ3) is 5.91. The highest BCUT2D eigenvalue weighted by molar-refractivity contribution is 6.08. The average molecular weight is 532 g/mol. The first kappa shape index (κ1) is 26.7. The number of hydrogen-bond acceptors (Lipinski definition) is 6. The van der Waals surface area contributed by atoms with Crippen molar-refractivity contribution in [3.8, 4) is 0 Å². The predicted octanol–water partition coefficient (Wildman–Crippen LogP) is 3.50. The summed E-state index contributed by atoms with van der Waals surface area (Å²) < 4.78 is 7.23. The lowest BCUT2D eigenvalue weighted by Gasteiger charge is -2.34. The molecule has 0 radical (unpaired) electrons. The molecular weight excluding hydrogens is 494 g/mol. The van der Waals surface area contributed by atoms with E-state index >= 15 is 0 Å². The van der Waals surface area contributed by atoms with E-state index < -0.39 is 0 Å². The number of para-hydroxylation sites is 2. The van der Waals surface area contributed by atoms with Crippen molar-refractivity contribution in [1.82, 2.24) is 24.9 Å². The van der Waals surface area contributed by atoms with Crippen LogP contribution in [0.5, 0.6) is 0 Å². The molecule has 0 spiro atoms. The minimum absolute atomic E-state index is 0.0556. The van der Waals surface area contributed by atoms with Gasteiger partial charge >= 0.3 is 6.03 Å². The van der Waals surface area contributed by atoms with Gasteiger partial charge in [-0.15, -0.1) is 0 Å². The van der Waals surface area contributed by atoms with Gasteiger partial charge in [0.05, 0.1) is 30.7 Å². The van der Waals surface area contributed by atoms with Crippen molar-refractivity contribution < 1.29 is 14.3 Å². The van der Waals surface area contributed by atoms with Gasteiger partial charge in [0, 0.05) is 64.0 Å². The molecule has 0 saturated carbocycles. The van der Waals surface area contributed by atoms with E-state index in [1.165, 1.54) is 0 Å². The molecule has 1 fully saturated rings. The number of piperazine rings is 1. The molecule has 1 saturated heterocycles. The van der Waals surface area contributed by atoms with Gasteiger partial charge in [0.25, 0.3) is 5.91 Å². The Labute approximate surface area is 229 Å². The number of anilines is 3. The van der Waals surface area contributed by atoms with E-state index in [9.17, 15) is 9.59 Å². The van der Waals surface area contributed by atoms with Crippen molar-refractivity contribution >= 4 is 29.1 Å². The van der Waals surface area contributed by atoms with Gasteiger partial charge in [0.1, 0.15) is 5.82 Å². The molecule has 3 aromatic rings. The molecule has 3 amide bonds. The van der Waals surface area contributed by atoms with Crippen LogP contribution in [0.15, 0.2) is 48.7 Å². The average Bonchev–Trinajstić information content (AvgIpc) is 3.19. The molecule has 0 aliphatic carbocycles. The lowest BCUT2D eigenvalue weighted by molar-refractivity contribution is 0.0880. The lowest BCUT2D eigenvalue weighted by Crippen LogP contribution is -2.52. The monoisotopic (exact) mass is 531 g/mol. The fraction of sp³-hybridized carbons (Fsp3) is 0.414. The summed E-state index contributed by atoms with van der Waals surface area (Å²) in [5, 5.41) is 10.8. The van der Waals surface area contributed by atoms with Crippen LogP contribution >= 0.6 is 0 Å². The molecule has 2 N–H and O–H groups in total. The predicted molar refractivity (Wildman–Crippen MR) is 151 cm³/mol. The third-order valence-electron chi connectivity index (χ3n) is 7.47. The standard InChI is InChI=1S/C29H37N7O3/c1-4-39-16-15-34-11-13-35(14-12-34)29(38)30-18-23-10-9-22(17-21(23)2)28(37)36-20-24-19-31-33(3)27(24)32-25-7-5-6-8-26(25)36/h5-10,17,19,32H,4,11-16,18,20H2,1-3H3,(H,30,38). The quantitative estimate of drug-likeness (QED) is 0.454. The molecule has 0 atom stereocenters. The lowest BCUT2D eigenvalue weighted by atomic mass is 10.0. The number of nitrogens with one attached hydrogen (secondary N) is 2. The van der Waals surface area contributed by atoms with Crippen molar-refractivity contribution in [2.75, 3.05) is 56.2 Å². The summed E-state index contributed by atoms with van der Waals surface area (Å²) in [5.41, 5.74) is 5.19. The molecule has 206 valence electrons. The molecule has 2 aliphatic rings. The Hall–Kier alpha value is -3.89. The molecular formula is C29H37N7O3. The first-order valence-corrected chi connectivity index (χ1v) is 13.6. The number of rotatable bonds is 7. The van der Waals surface area contributed by atoms with Gasteiger partial charge < -0.3 is 25.2 Å². The van der Waals surface area contributed by atoms with Crippen molar-refractivity contribution in [2.24, 2.45) is 7.05 Å². The molecule has 5 rings (SSSR count). The Balaban J connectivity index is 1.22. The topological polar surface area (TPSA) is 95.0 Å². The van der Waals surface area contributed by atoms with Crippen molar-refractivity contribution in [2.45, 2.75) is 26.9 Å². The maximum atomic E-state index is 13.8. The van der Waals surface area contributed by atoms with E-state index in [0.717, 1.165) is 66.7 Å². The van der Waals surface area contributed by atoms with E-state index in [1.54, 1.807) is 15.8 Å². The van der Waals surface area contributed by atoms with E-state index in [4.69, 9.17) is 4.74 Å². The summed E-state index contributed by atoms with van der Waals surface area (Å²) in [6.45, 7) is 10.3. The van der Waals surface area contributed by atoms with Gasteiger partial charge in [-0.25, -0.2) is 4.79 Å². The second-order valence-corrected chi connectivity index (χ2v) is 10.0. The summed E-state index contributed by atoms with van der Waals surface area (Å²) in [5.74, 6) is 0.800. The minimum Gasteiger partial charge on any atom is -0.380 e. The third-order valence-corrected chi connectivity index (χ3v) is 7.47. The van der Waals surface area contributed by atoms with Crippen LogP contribution in [0.4, 0.5) is 22.0 Å². The van der Waals surface area contributed by atoms with E-state index in [0.29, 0.717) is 31.7 Å². The Kier molecular flexibility index (Phi) is 8.13. The minimum atomic E-state index is -0.0816. The van der Waals surface area contributed by atoms with Gasteiger partial charge in [0.15, 0.2) is 0 Å². The van der Waals surface area contributed by atoms with Crippen LogP contribution in [0, 0.1) is 6.92 Å². The van der Waals surface area contributed by atoms with Crippen molar-refractivity contribution in [1.29, 1.82) is 0 Å². The van der Waals surface area contributed by atoms with Crippen LogP contribution in [0.25, 0.3) is 0 Å². The number of aryl methyl sites for hydroxylation is 2. The van der Waals surface area contributed by atoms with Gasteiger partial charge in [-0.05, 0) is 49.2 Å². The zero-order valence-corrected chi connectivity index (χ0v) is 22.9. The van der Waals surface area contributed by atoms with Crippen LogP contribution in [-0.4, -0.2) is 77.5 Å². The Morgan fingerprint density at radius 1 is 1.10 bits per heavy atom. The fourth-order valence-corrected chi connectivity index (χ4v) is 5.12. The van der Waals surface area contributed by atoms with Crippen LogP contribution < -0.4 is 15.5 Å². The number of ether oxygens (including phenoxy) is 1. The Morgan fingerprint density at radius 2 is 1.90 bits per heavy atom.